The topological polar surface area (TPSA) is 46.5 Å². The van der Waals surface area contributed by atoms with Crippen LogP contribution in [0.5, 0.6) is 0 Å². The Hall–Kier alpha value is -0.770. The van der Waals surface area contributed by atoms with Gasteiger partial charge in [0.1, 0.15) is 0 Å². The lowest BCUT2D eigenvalue weighted by Crippen LogP contribution is -1.97. The third-order valence-electron chi connectivity index (χ3n) is 1.64. The van der Waals surface area contributed by atoms with Crippen molar-refractivity contribution in [3.63, 3.8) is 0 Å². The number of amides is 1. The molecule has 0 aromatic carbocycles. The fraction of sp³-hybridized carbons (Fsp3) is 0.375. The van der Waals surface area contributed by atoms with E-state index >= 15 is 0 Å². The largest absolute Gasteiger partial charge is 0.290 e. The fourth-order valence-electron chi connectivity index (χ4n) is 1.04. The number of halogens is 1. The Kier molecular flexibility index (Phi) is 3.34. The molecule has 1 rings (SSSR count). The Labute approximate surface area is 78.6 Å². The van der Waals surface area contributed by atoms with Gasteiger partial charge in [-0.3, -0.25) is 4.79 Å². The number of nitroso groups, excluding NO2 is 1. The number of hydrogen-bond donors (Lipinski definition) is 0. The molecular formula is C8H8BrNO2. The van der Waals surface area contributed by atoms with Crippen LogP contribution in [0.25, 0.3) is 0 Å². The molecule has 0 radical (unpaired) electrons. The minimum atomic E-state index is -0.617. The van der Waals surface area contributed by atoms with Gasteiger partial charge in [0.15, 0.2) is 0 Å². The van der Waals surface area contributed by atoms with Gasteiger partial charge in [0.05, 0.1) is 6.42 Å². The van der Waals surface area contributed by atoms with Crippen molar-refractivity contribution in [3.05, 3.63) is 27.1 Å². The summed E-state index contributed by atoms with van der Waals surface area (Å²) in [5.74, 6) is -0.617. The highest BCUT2D eigenvalue weighted by atomic mass is 79.9. The van der Waals surface area contributed by atoms with Crippen molar-refractivity contribution in [1.82, 2.24) is 0 Å². The Bertz CT molecular complexity index is 268. The predicted octanol–water partition coefficient (Wildman–Crippen LogP) is 2.67. The lowest BCUT2D eigenvalue weighted by Gasteiger charge is -2.07. The van der Waals surface area contributed by atoms with E-state index in [0.717, 1.165) is 22.9 Å². The van der Waals surface area contributed by atoms with Crippen molar-refractivity contribution in [2.24, 2.45) is 5.18 Å². The van der Waals surface area contributed by atoms with Crippen LogP contribution in [0.2, 0.25) is 0 Å². The van der Waals surface area contributed by atoms with Gasteiger partial charge in [0, 0.05) is 5.18 Å². The van der Waals surface area contributed by atoms with Gasteiger partial charge in [-0.15, -0.1) is 4.91 Å². The molecule has 0 unspecified atom stereocenters. The van der Waals surface area contributed by atoms with Gasteiger partial charge in [0.2, 0.25) is 0 Å². The fourth-order valence-corrected chi connectivity index (χ4v) is 1.54. The van der Waals surface area contributed by atoms with Crippen LogP contribution in [0, 0.1) is 4.91 Å². The summed E-state index contributed by atoms with van der Waals surface area (Å²) in [6.45, 7) is 0. The van der Waals surface area contributed by atoms with Crippen LogP contribution in [-0.4, -0.2) is 5.91 Å². The van der Waals surface area contributed by atoms with Crippen LogP contribution in [-0.2, 0) is 4.79 Å². The van der Waals surface area contributed by atoms with Gasteiger partial charge in [-0.25, -0.2) is 0 Å². The van der Waals surface area contributed by atoms with Crippen LogP contribution < -0.4 is 0 Å². The van der Waals surface area contributed by atoms with E-state index in [1.165, 1.54) is 0 Å². The third-order valence-corrected chi connectivity index (χ3v) is 2.55. The van der Waals surface area contributed by atoms with E-state index in [4.69, 9.17) is 0 Å². The van der Waals surface area contributed by atoms with Crippen molar-refractivity contribution in [2.45, 2.75) is 19.3 Å². The molecule has 1 amide bonds. The molecule has 12 heavy (non-hydrogen) atoms. The zero-order chi connectivity index (χ0) is 8.97. The van der Waals surface area contributed by atoms with Crippen molar-refractivity contribution in [2.75, 3.05) is 0 Å². The van der Waals surface area contributed by atoms with E-state index in [9.17, 15) is 9.70 Å². The van der Waals surface area contributed by atoms with Crippen LogP contribution in [0.1, 0.15) is 19.3 Å². The van der Waals surface area contributed by atoms with E-state index in [2.05, 4.69) is 21.1 Å². The van der Waals surface area contributed by atoms with E-state index in [1.54, 1.807) is 0 Å². The molecule has 0 fully saturated rings. The molecule has 64 valence electrons. The molecule has 0 saturated heterocycles. The highest BCUT2D eigenvalue weighted by molar-refractivity contribution is 9.11. The molecule has 0 aromatic heterocycles. The molecule has 1 aliphatic rings. The van der Waals surface area contributed by atoms with Gasteiger partial charge >= 0.3 is 0 Å². The number of carbonyl (C=O) groups is 1. The molecule has 1 aliphatic carbocycles. The van der Waals surface area contributed by atoms with Crippen LogP contribution >= 0.6 is 15.9 Å². The Morgan fingerprint density at radius 3 is 3.00 bits per heavy atom. The first-order valence-corrected chi connectivity index (χ1v) is 4.43. The molecule has 4 heteroatoms. The third kappa shape index (κ3) is 2.37. The summed E-state index contributed by atoms with van der Waals surface area (Å²) in [4.78, 5) is 20.5. The average Bonchev–Trinajstić information content (AvgIpc) is 2.09. The van der Waals surface area contributed by atoms with Crippen molar-refractivity contribution < 1.29 is 4.79 Å². The molecule has 0 aliphatic heterocycles. The first-order chi connectivity index (χ1) is 5.74. The first kappa shape index (κ1) is 9.32. The summed E-state index contributed by atoms with van der Waals surface area (Å²) in [6, 6.07) is 0. The molecule has 0 saturated carbocycles. The molecule has 0 bridgehead atoms. The zero-order valence-electron chi connectivity index (χ0n) is 6.42. The second-order valence-electron chi connectivity index (χ2n) is 2.53. The second-order valence-corrected chi connectivity index (χ2v) is 3.49. The van der Waals surface area contributed by atoms with Gasteiger partial charge in [-0.1, -0.05) is 28.1 Å². The number of nitrogens with zero attached hydrogens (tertiary/aromatic N) is 1. The average molecular weight is 230 g/mol. The summed E-state index contributed by atoms with van der Waals surface area (Å²) in [5.41, 5.74) is 0.867. The first-order valence-electron chi connectivity index (χ1n) is 3.64. The van der Waals surface area contributed by atoms with Gasteiger partial charge in [-0.2, -0.15) is 0 Å². The second kappa shape index (κ2) is 4.30. The quantitative estimate of drug-likeness (QED) is 0.684. The predicted molar refractivity (Wildman–Crippen MR) is 49.7 cm³/mol. The molecule has 3 nitrogen and oxygen atoms in total. The Morgan fingerprint density at radius 2 is 2.42 bits per heavy atom. The van der Waals surface area contributed by atoms with E-state index in [-0.39, 0.29) is 6.42 Å². The Balaban J connectivity index is 2.67. The Morgan fingerprint density at radius 1 is 1.67 bits per heavy atom. The van der Waals surface area contributed by atoms with Crippen molar-refractivity contribution in [1.29, 1.82) is 0 Å². The summed E-state index contributed by atoms with van der Waals surface area (Å²) >= 11 is 3.34. The number of allylic oxidation sites excluding steroid dienone is 3. The van der Waals surface area contributed by atoms with Crippen LogP contribution in [0.15, 0.2) is 27.4 Å². The standard InChI is InChI=1S/C8H8BrNO2/c9-7-4-2-1-3-6(7)5-8(11)10-12/h1,3H,2,4-5H2. The van der Waals surface area contributed by atoms with Crippen LogP contribution in [0.3, 0.4) is 0 Å². The number of carbonyl (C=O) groups excluding carboxylic acids is 1. The van der Waals surface area contributed by atoms with Gasteiger partial charge < -0.3 is 0 Å². The van der Waals surface area contributed by atoms with Crippen molar-refractivity contribution >= 4 is 21.8 Å². The lowest BCUT2D eigenvalue weighted by molar-refractivity contribution is -0.117. The molecule has 0 heterocycles. The molecule has 0 aromatic rings. The highest BCUT2D eigenvalue weighted by Crippen LogP contribution is 2.26. The SMILES string of the molecule is O=NC(=O)CC1=C(Br)CCC=C1. The maximum Gasteiger partial charge on any atom is 0.290 e. The minimum absolute atomic E-state index is 0.112. The monoisotopic (exact) mass is 229 g/mol. The zero-order valence-corrected chi connectivity index (χ0v) is 8.00. The molecule has 0 atom stereocenters. The molecule has 0 N–H and O–H groups in total. The van der Waals surface area contributed by atoms with Gasteiger partial charge in [-0.05, 0) is 22.9 Å². The summed E-state index contributed by atoms with van der Waals surface area (Å²) < 4.78 is 1.00. The minimum Gasteiger partial charge on any atom is -0.269 e. The summed E-state index contributed by atoms with van der Waals surface area (Å²) in [5, 5.41) is 2.34. The smallest absolute Gasteiger partial charge is 0.269 e. The van der Waals surface area contributed by atoms with E-state index in [0.29, 0.717) is 0 Å². The van der Waals surface area contributed by atoms with E-state index in [1.807, 2.05) is 12.2 Å². The maximum absolute atomic E-state index is 10.7. The normalized spacial score (nSPS) is 16.4. The summed E-state index contributed by atoms with van der Waals surface area (Å²) in [7, 11) is 0. The lowest BCUT2D eigenvalue weighted by atomic mass is 10.0. The van der Waals surface area contributed by atoms with Crippen LogP contribution in [0.4, 0.5) is 0 Å². The molecule has 0 spiro atoms. The number of rotatable bonds is 2. The highest BCUT2D eigenvalue weighted by Gasteiger charge is 2.09. The molecular weight excluding hydrogens is 222 g/mol. The maximum atomic E-state index is 10.7. The number of hydrogen-bond acceptors (Lipinski definition) is 2. The van der Waals surface area contributed by atoms with Gasteiger partial charge in [0.25, 0.3) is 5.91 Å². The van der Waals surface area contributed by atoms with Crippen molar-refractivity contribution in [3.8, 4) is 0 Å². The van der Waals surface area contributed by atoms with E-state index < -0.39 is 5.91 Å². The summed E-state index contributed by atoms with van der Waals surface area (Å²) in [6.07, 6.45) is 5.83.